The number of hydrogen-bond donors (Lipinski definition) is 1. The first-order valence-corrected chi connectivity index (χ1v) is 8.31. The van der Waals surface area contributed by atoms with Gasteiger partial charge in [-0.15, -0.1) is 0 Å². The molecule has 2 rings (SSSR count). The highest BCUT2D eigenvalue weighted by molar-refractivity contribution is 5.91. The molecule has 0 aliphatic rings. The van der Waals surface area contributed by atoms with Gasteiger partial charge in [0.15, 0.2) is 6.61 Å². The van der Waals surface area contributed by atoms with Gasteiger partial charge in [0.2, 0.25) is 0 Å². The van der Waals surface area contributed by atoms with Gasteiger partial charge in [-0.3, -0.25) is 4.79 Å². The molecule has 0 unspecified atom stereocenters. The molecule has 0 fully saturated rings. The lowest BCUT2D eigenvalue weighted by molar-refractivity contribution is -0.124. The van der Waals surface area contributed by atoms with E-state index in [4.69, 9.17) is 9.47 Å². The van der Waals surface area contributed by atoms with Gasteiger partial charge in [0.05, 0.1) is 12.2 Å². The van der Waals surface area contributed by atoms with Crippen LogP contribution in [0.25, 0.3) is 0 Å². The molecule has 0 saturated carbocycles. The van der Waals surface area contributed by atoms with Crippen molar-refractivity contribution in [2.75, 3.05) is 19.8 Å². The van der Waals surface area contributed by atoms with Crippen molar-refractivity contribution < 1.29 is 19.1 Å². The summed E-state index contributed by atoms with van der Waals surface area (Å²) in [4.78, 5) is 23.8. The van der Waals surface area contributed by atoms with Crippen molar-refractivity contribution in [3.63, 3.8) is 0 Å². The number of ether oxygens (including phenoxy) is 2. The Bertz CT molecular complexity index is 683. The summed E-state index contributed by atoms with van der Waals surface area (Å²) in [5.41, 5.74) is 1.53. The second kappa shape index (κ2) is 9.47. The van der Waals surface area contributed by atoms with Gasteiger partial charge >= 0.3 is 5.97 Å². The molecule has 5 nitrogen and oxygen atoms in total. The van der Waals surface area contributed by atoms with Crippen LogP contribution in [0.1, 0.15) is 35.7 Å². The maximum Gasteiger partial charge on any atom is 0.338 e. The first kappa shape index (κ1) is 18.5. The number of nitrogens with one attached hydrogen (secondary N) is 1. The minimum absolute atomic E-state index is 0.187. The highest BCUT2D eigenvalue weighted by atomic mass is 16.5. The molecule has 132 valence electrons. The fourth-order valence-corrected chi connectivity index (χ4v) is 2.29. The largest absolute Gasteiger partial charge is 0.494 e. The van der Waals surface area contributed by atoms with E-state index in [1.54, 1.807) is 24.3 Å². The van der Waals surface area contributed by atoms with Gasteiger partial charge in [0, 0.05) is 6.54 Å². The lowest BCUT2D eigenvalue weighted by Crippen LogP contribution is -2.31. The molecule has 1 N–H and O–H groups in total. The third-order valence-corrected chi connectivity index (χ3v) is 3.71. The molecular weight excluding hydrogens is 318 g/mol. The second-order valence-electron chi connectivity index (χ2n) is 5.65. The topological polar surface area (TPSA) is 64.6 Å². The molecule has 0 spiro atoms. The highest BCUT2D eigenvalue weighted by Gasteiger charge is 2.12. The lowest BCUT2D eigenvalue weighted by atomic mass is 10.0. The first-order chi connectivity index (χ1) is 12.1. The average Bonchev–Trinajstić information content (AvgIpc) is 2.65. The SMILES string of the molecule is CCOc1ccc(C(=O)OCC(=O)NC[C@H](C)c2ccccc2)cc1. The lowest BCUT2D eigenvalue weighted by Gasteiger charge is -2.13. The van der Waals surface area contributed by atoms with E-state index in [9.17, 15) is 9.59 Å². The fourth-order valence-electron chi connectivity index (χ4n) is 2.29. The van der Waals surface area contributed by atoms with Gasteiger partial charge in [0.25, 0.3) is 5.91 Å². The number of benzene rings is 2. The molecule has 1 amide bonds. The molecule has 0 radical (unpaired) electrons. The average molecular weight is 341 g/mol. The molecule has 1 atom stereocenters. The number of esters is 1. The monoisotopic (exact) mass is 341 g/mol. The smallest absolute Gasteiger partial charge is 0.338 e. The predicted octanol–water partition coefficient (Wildman–Crippen LogP) is 3.16. The second-order valence-corrected chi connectivity index (χ2v) is 5.65. The standard InChI is InChI=1S/C20H23NO4/c1-3-24-18-11-9-17(10-12-18)20(23)25-14-19(22)21-13-15(2)16-7-5-4-6-8-16/h4-12,15H,3,13-14H2,1-2H3,(H,21,22)/t15-/m0/s1. The summed E-state index contributed by atoms with van der Waals surface area (Å²) in [6, 6.07) is 16.5. The van der Waals surface area contributed by atoms with Crippen LogP contribution in [0.4, 0.5) is 0 Å². The van der Waals surface area contributed by atoms with Crippen LogP contribution >= 0.6 is 0 Å². The van der Waals surface area contributed by atoms with Crippen LogP contribution in [-0.2, 0) is 9.53 Å². The molecule has 0 saturated heterocycles. The van der Waals surface area contributed by atoms with Crippen LogP contribution in [0.5, 0.6) is 5.75 Å². The zero-order chi connectivity index (χ0) is 18.1. The summed E-state index contributed by atoms with van der Waals surface area (Å²) in [7, 11) is 0. The third-order valence-electron chi connectivity index (χ3n) is 3.71. The van der Waals surface area contributed by atoms with Crippen LogP contribution in [-0.4, -0.2) is 31.6 Å². The molecular formula is C20H23NO4. The normalized spacial score (nSPS) is 11.4. The van der Waals surface area contributed by atoms with Crippen molar-refractivity contribution in [3.05, 3.63) is 65.7 Å². The molecule has 5 heteroatoms. The Morgan fingerprint density at radius 2 is 1.72 bits per heavy atom. The summed E-state index contributed by atoms with van der Waals surface area (Å²) in [6.45, 7) is 4.67. The van der Waals surface area contributed by atoms with E-state index < -0.39 is 5.97 Å². The highest BCUT2D eigenvalue weighted by Crippen LogP contribution is 2.14. The summed E-state index contributed by atoms with van der Waals surface area (Å²) in [5.74, 6) is 0.0232. The molecule has 25 heavy (non-hydrogen) atoms. The molecule has 0 aliphatic carbocycles. The molecule has 2 aromatic carbocycles. The van der Waals surface area contributed by atoms with Gasteiger partial charge in [-0.25, -0.2) is 4.79 Å². The van der Waals surface area contributed by atoms with Gasteiger partial charge < -0.3 is 14.8 Å². The summed E-state index contributed by atoms with van der Waals surface area (Å²) >= 11 is 0. The van der Waals surface area contributed by atoms with Crippen LogP contribution in [0.15, 0.2) is 54.6 Å². The van der Waals surface area contributed by atoms with Crippen molar-refractivity contribution in [2.24, 2.45) is 0 Å². The molecule has 0 bridgehead atoms. The molecule has 2 aromatic rings. The first-order valence-electron chi connectivity index (χ1n) is 8.31. The Labute approximate surface area is 148 Å². The van der Waals surface area contributed by atoms with E-state index in [0.717, 1.165) is 5.56 Å². The van der Waals surface area contributed by atoms with Crippen LogP contribution in [0.3, 0.4) is 0 Å². The number of rotatable bonds is 8. The summed E-state index contributed by atoms with van der Waals surface area (Å²) in [5, 5.41) is 2.78. The van der Waals surface area contributed by atoms with E-state index in [2.05, 4.69) is 5.32 Å². The van der Waals surface area contributed by atoms with E-state index in [1.165, 1.54) is 0 Å². The minimum atomic E-state index is -0.533. The number of amides is 1. The van der Waals surface area contributed by atoms with E-state index >= 15 is 0 Å². The van der Waals surface area contributed by atoms with Crippen molar-refractivity contribution in [1.29, 1.82) is 0 Å². The Kier molecular flexibility index (Phi) is 7.01. The van der Waals surface area contributed by atoms with Gasteiger partial charge in [-0.1, -0.05) is 37.3 Å². The van der Waals surface area contributed by atoms with Crippen molar-refractivity contribution >= 4 is 11.9 Å². The van der Waals surface area contributed by atoms with Gasteiger partial charge in [0.1, 0.15) is 5.75 Å². The zero-order valence-corrected chi connectivity index (χ0v) is 14.5. The van der Waals surface area contributed by atoms with E-state index in [1.807, 2.05) is 44.2 Å². The van der Waals surface area contributed by atoms with E-state index in [-0.39, 0.29) is 18.4 Å². The Hall–Kier alpha value is -2.82. The maximum atomic E-state index is 11.9. The molecule has 0 heterocycles. The predicted molar refractivity (Wildman–Crippen MR) is 95.8 cm³/mol. The van der Waals surface area contributed by atoms with Crippen molar-refractivity contribution in [2.45, 2.75) is 19.8 Å². The van der Waals surface area contributed by atoms with Crippen molar-refractivity contribution in [1.82, 2.24) is 5.32 Å². The third kappa shape index (κ3) is 5.95. The fraction of sp³-hybridized carbons (Fsp3) is 0.300. The van der Waals surface area contributed by atoms with Crippen LogP contribution < -0.4 is 10.1 Å². The molecule has 0 aliphatic heterocycles. The van der Waals surface area contributed by atoms with Gasteiger partial charge in [-0.05, 0) is 42.7 Å². The summed E-state index contributed by atoms with van der Waals surface area (Å²) < 4.78 is 10.3. The summed E-state index contributed by atoms with van der Waals surface area (Å²) in [6.07, 6.45) is 0. The number of carbonyl (C=O) groups excluding carboxylic acids is 2. The van der Waals surface area contributed by atoms with Crippen molar-refractivity contribution in [3.8, 4) is 5.75 Å². The number of hydrogen-bond acceptors (Lipinski definition) is 4. The van der Waals surface area contributed by atoms with Crippen LogP contribution in [0.2, 0.25) is 0 Å². The quantitative estimate of drug-likeness (QED) is 0.749. The number of carbonyl (C=O) groups is 2. The maximum absolute atomic E-state index is 11.9. The Morgan fingerprint density at radius 1 is 1.04 bits per heavy atom. The minimum Gasteiger partial charge on any atom is -0.494 e. The van der Waals surface area contributed by atoms with Gasteiger partial charge in [-0.2, -0.15) is 0 Å². The zero-order valence-electron chi connectivity index (χ0n) is 14.5. The molecule has 0 aromatic heterocycles. The Balaban J connectivity index is 1.74. The Morgan fingerprint density at radius 3 is 2.36 bits per heavy atom. The van der Waals surface area contributed by atoms with Crippen LogP contribution in [0, 0.1) is 0 Å². The van der Waals surface area contributed by atoms with E-state index in [0.29, 0.717) is 24.5 Å².